The zero-order valence-corrected chi connectivity index (χ0v) is 16.8. The molecule has 0 aromatic rings. The van der Waals surface area contributed by atoms with Gasteiger partial charge in [-0.25, -0.2) is 8.42 Å². The summed E-state index contributed by atoms with van der Waals surface area (Å²) in [5.41, 5.74) is -0.0522. The van der Waals surface area contributed by atoms with Gasteiger partial charge in [0.1, 0.15) is 0 Å². The second-order valence-electron chi connectivity index (χ2n) is 7.46. The average Bonchev–Trinajstić information content (AvgIpc) is 2.55. The number of sulfone groups is 1. The topological polar surface area (TPSA) is 43.4 Å². The molecule has 0 N–H and O–H groups in total. The maximum Gasteiger partial charge on any atom is 0.156 e. The van der Waals surface area contributed by atoms with Crippen LogP contribution in [-0.2, 0) is 14.6 Å². The summed E-state index contributed by atoms with van der Waals surface area (Å²) < 4.78 is 32.2. The van der Waals surface area contributed by atoms with Gasteiger partial charge in [0.25, 0.3) is 0 Å². The third-order valence-corrected chi connectivity index (χ3v) is 8.52. The summed E-state index contributed by atoms with van der Waals surface area (Å²) in [5, 5.41) is -0.267. The van der Waals surface area contributed by atoms with E-state index in [1.165, 1.54) is 0 Å². The molecule has 1 fully saturated rings. The van der Waals surface area contributed by atoms with Crippen molar-refractivity contribution in [2.75, 3.05) is 0 Å². The maximum atomic E-state index is 12.9. The Hall–Kier alpha value is -0.0900. The molecule has 0 atom stereocenters. The van der Waals surface area contributed by atoms with Gasteiger partial charge in [0.05, 0.1) is 22.2 Å². The van der Waals surface area contributed by atoms with Crippen molar-refractivity contribution in [1.82, 2.24) is 0 Å². The predicted octanol–water partition coefficient (Wildman–Crippen LogP) is 5.28. The Morgan fingerprint density at radius 1 is 0.957 bits per heavy atom. The Balaban J connectivity index is 2.63. The van der Waals surface area contributed by atoms with Gasteiger partial charge in [0, 0.05) is 0 Å². The van der Waals surface area contributed by atoms with Crippen molar-refractivity contribution < 1.29 is 13.2 Å². The highest BCUT2D eigenvalue weighted by atomic mass is 32.2. The van der Waals surface area contributed by atoms with Crippen molar-refractivity contribution >= 4 is 9.84 Å². The van der Waals surface area contributed by atoms with E-state index in [1.54, 1.807) is 0 Å². The maximum absolute atomic E-state index is 12.9. The minimum atomic E-state index is -2.98. The third kappa shape index (κ3) is 5.74. The Bertz CT molecular complexity index is 412. The standard InChI is InChI=1S/C19H38O3S/c1-6-10-17(11-7-2)23(20,21)18-14-12-16(13-15-18)22-19(5,8-3)9-4/h16-18H,6-15H2,1-5H3. The van der Waals surface area contributed by atoms with Gasteiger partial charge in [-0.05, 0) is 58.3 Å². The molecule has 0 aromatic heterocycles. The van der Waals surface area contributed by atoms with Gasteiger partial charge >= 0.3 is 0 Å². The highest BCUT2D eigenvalue weighted by Crippen LogP contribution is 2.33. The monoisotopic (exact) mass is 346 g/mol. The zero-order valence-electron chi connectivity index (χ0n) is 15.9. The molecule has 138 valence electrons. The molecular weight excluding hydrogens is 308 g/mol. The SMILES string of the molecule is CCCC(CCC)S(=O)(=O)C1CCC(OC(C)(CC)CC)CC1. The zero-order chi connectivity index (χ0) is 17.5. The van der Waals surface area contributed by atoms with Crippen molar-refractivity contribution in [1.29, 1.82) is 0 Å². The van der Waals surface area contributed by atoms with Crippen LogP contribution in [0.4, 0.5) is 0 Å². The minimum absolute atomic E-state index is 0.0522. The van der Waals surface area contributed by atoms with Gasteiger partial charge < -0.3 is 4.74 Å². The fourth-order valence-corrected chi connectivity index (χ4v) is 6.29. The average molecular weight is 347 g/mol. The van der Waals surface area contributed by atoms with Crippen LogP contribution in [0, 0.1) is 0 Å². The van der Waals surface area contributed by atoms with Crippen molar-refractivity contribution in [3.05, 3.63) is 0 Å². The minimum Gasteiger partial charge on any atom is -0.372 e. The molecule has 1 rings (SSSR count). The Labute approximate surface area is 144 Å². The lowest BCUT2D eigenvalue weighted by Gasteiger charge is -2.37. The van der Waals surface area contributed by atoms with Crippen molar-refractivity contribution in [2.24, 2.45) is 0 Å². The van der Waals surface area contributed by atoms with Crippen LogP contribution in [0.1, 0.15) is 98.8 Å². The van der Waals surface area contributed by atoms with Crippen LogP contribution in [0.5, 0.6) is 0 Å². The van der Waals surface area contributed by atoms with Crippen LogP contribution in [0.3, 0.4) is 0 Å². The molecule has 0 bridgehead atoms. The largest absolute Gasteiger partial charge is 0.372 e. The number of ether oxygens (including phenoxy) is 1. The van der Waals surface area contributed by atoms with Crippen molar-refractivity contribution in [3.8, 4) is 0 Å². The van der Waals surface area contributed by atoms with E-state index in [0.717, 1.165) is 64.2 Å². The van der Waals surface area contributed by atoms with Gasteiger partial charge in [-0.3, -0.25) is 0 Å². The molecule has 1 saturated carbocycles. The molecule has 3 nitrogen and oxygen atoms in total. The molecule has 0 heterocycles. The fourth-order valence-electron chi connectivity index (χ4n) is 3.69. The van der Waals surface area contributed by atoms with Gasteiger partial charge in [-0.1, -0.05) is 40.5 Å². The molecule has 0 spiro atoms. The highest BCUT2D eigenvalue weighted by molar-refractivity contribution is 7.92. The molecular formula is C19H38O3S. The van der Waals surface area contributed by atoms with Gasteiger partial charge in [-0.15, -0.1) is 0 Å². The van der Waals surface area contributed by atoms with Crippen LogP contribution in [0.2, 0.25) is 0 Å². The lowest BCUT2D eigenvalue weighted by molar-refractivity contribution is -0.0984. The smallest absolute Gasteiger partial charge is 0.156 e. The van der Waals surface area contributed by atoms with E-state index in [0.29, 0.717) is 0 Å². The lowest BCUT2D eigenvalue weighted by atomic mass is 9.94. The fraction of sp³-hybridized carbons (Fsp3) is 1.00. The molecule has 0 aliphatic heterocycles. The number of rotatable bonds is 10. The summed E-state index contributed by atoms with van der Waals surface area (Å²) in [4.78, 5) is 0. The molecule has 4 heteroatoms. The highest BCUT2D eigenvalue weighted by Gasteiger charge is 2.37. The Kier molecular flexibility index (Phi) is 8.57. The summed E-state index contributed by atoms with van der Waals surface area (Å²) in [6, 6.07) is 0. The molecule has 0 aromatic carbocycles. The molecule has 1 aliphatic rings. The summed E-state index contributed by atoms with van der Waals surface area (Å²) in [5.74, 6) is 0. The first-order chi connectivity index (χ1) is 10.8. The predicted molar refractivity (Wildman–Crippen MR) is 98.6 cm³/mol. The Morgan fingerprint density at radius 3 is 1.83 bits per heavy atom. The van der Waals surface area contributed by atoms with Crippen LogP contribution in [0.15, 0.2) is 0 Å². The van der Waals surface area contributed by atoms with Crippen LogP contribution >= 0.6 is 0 Å². The summed E-state index contributed by atoms with van der Waals surface area (Å²) in [6.07, 6.45) is 9.14. The molecule has 0 amide bonds. The summed E-state index contributed by atoms with van der Waals surface area (Å²) >= 11 is 0. The number of hydrogen-bond donors (Lipinski definition) is 0. The normalized spacial score (nSPS) is 23.4. The summed E-state index contributed by atoms with van der Waals surface area (Å²) in [7, 11) is -2.98. The molecule has 23 heavy (non-hydrogen) atoms. The first-order valence-corrected chi connectivity index (χ1v) is 11.3. The first-order valence-electron chi connectivity index (χ1n) is 9.73. The second-order valence-corrected chi connectivity index (χ2v) is 9.97. The first kappa shape index (κ1) is 21.0. The number of hydrogen-bond acceptors (Lipinski definition) is 3. The molecule has 0 saturated heterocycles. The van der Waals surface area contributed by atoms with E-state index < -0.39 is 9.84 Å². The van der Waals surface area contributed by atoms with Crippen molar-refractivity contribution in [2.45, 2.75) is 121 Å². The summed E-state index contributed by atoms with van der Waals surface area (Å²) in [6.45, 7) is 10.7. The second kappa shape index (κ2) is 9.41. The van der Waals surface area contributed by atoms with Crippen LogP contribution in [-0.4, -0.2) is 30.6 Å². The van der Waals surface area contributed by atoms with E-state index in [4.69, 9.17) is 4.74 Å². The van der Waals surface area contributed by atoms with Crippen LogP contribution in [0.25, 0.3) is 0 Å². The quantitative estimate of drug-likeness (QED) is 0.541. The van der Waals surface area contributed by atoms with Gasteiger partial charge in [0.2, 0.25) is 0 Å². The lowest BCUT2D eigenvalue weighted by Crippen LogP contribution is -2.39. The van der Waals surface area contributed by atoms with E-state index in [-0.39, 0.29) is 22.2 Å². The molecule has 0 radical (unpaired) electrons. The molecule has 1 aliphatic carbocycles. The Morgan fingerprint density at radius 2 is 1.43 bits per heavy atom. The van der Waals surface area contributed by atoms with Crippen LogP contribution < -0.4 is 0 Å². The van der Waals surface area contributed by atoms with E-state index in [2.05, 4.69) is 34.6 Å². The van der Waals surface area contributed by atoms with Crippen molar-refractivity contribution in [3.63, 3.8) is 0 Å². The van der Waals surface area contributed by atoms with E-state index in [1.807, 2.05) is 0 Å². The van der Waals surface area contributed by atoms with E-state index in [9.17, 15) is 8.42 Å². The third-order valence-electron chi connectivity index (χ3n) is 5.72. The van der Waals surface area contributed by atoms with E-state index >= 15 is 0 Å². The molecule has 0 unspecified atom stereocenters. The van der Waals surface area contributed by atoms with Gasteiger partial charge in [-0.2, -0.15) is 0 Å². The van der Waals surface area contributed by atoms with Gasteiger partial charge in [0.15, 0.2) is 9.84 Å².